The molecule has 2 nitrogen and oxygen atoms in total. The quantitative estimate of drug-likeness (QED) is 0.721. The SMILES string of the molecule is Cc1cc(CO)c(C(C)(C)C)cc1O. The average molecular weight is 194 g/mol. The van der Waals surface area contributed by atoms with Gasteiger partial charge in [-0.1, -0.05) is 20.8 Å². The molecule has 1 rings (SSSR count). The Morgan fingerprint density at radius 3 is 2.21 bits per heavy atom. The smallest absolute Gasteiger partial charge is 0.118 e. The van der Waals surface area contributed by atoms with E-state index in [1.165, 1.54) is 0 Å². The maximum Gasteiger partial charge on any atom is 0.118 e. The van der Waals surface area contributed by atoms with E-state index in [9.17, 15) is 10.2 Å². The van der Waals surface area contributed by atoms with Crippen LogP contribution in [0.25, 0.3) is 0 Å². The molecule has 0 atom stereocenters. The van der Waals surface area contributed by atoms with Crippen LogP contribution in [0.2, 0.25) is 0 Å². The normalized spacial score (nSPS) is 11.8. The molecule has 78 valence electrons. The Kier molecular flexibility index (Phi) is 2.86. The van der Waals surface area contributed by atoms with E-state index >= 15 is 0 Å². The maximum atomic E-state index is 9.60. The van der Waals surface area contributed by atoms with Gasteiger partial charge in [0.2, 0.25) is 0 Å². The molecule has 0 aliphatic heterocycles. The molecule has 0 unspecified atom stereocenters. The Morgan fingerprint density at radius 2 is 1.79 bits per heavy atom. The van der Waals surface area contributed by atoms with Crippen LogP contribution in [0.15, 0.2) is 12.1 Å². The highest BCUT2D eigenvalue weighted by Gasteiger charge is 2.18. The second-order valence-corrected chi connectivity index (χ2v) is 4.70. The summed E-state index contributed by atoms with van der Waals surface area (Å²) in [7, 11) is 0. The lowest BCUT2D eigenvalue weighted by Gasteiger charge is -2.23. The molecule has 0 aromatic heterocycles. The van der Waals surface area contributed by atoms with Gasteiger partial charge in [-0.05, 0) is 41.2 Å². The average Bonchev–Trinajstić information content (AvgIpc) is 2.07. The first-order chi connectivity index (χ1) is 6.36. The summed E-state index contributed by atoms with van der Waals surface area (Å²) in [5, 5.41) is 18.8. The lowest BCUT2D eigenvalue weighted by molar-refractivity contribution is 0.278. The maximum absolute atomic E-state index is 9.60. The van der Waals surface area contributed by atoms with Crippen molar-refractivity contribution in [2.45, 2.75) is 39.7 Å². The lowest BCUT2D eigenvalue weighted by Crippen LogP contribution is -2.14. The second-order valence-electron chi connectivity index (χ2n) is 4.70. The summed E-state index contributed by atoms with van der Waals surface area (Å²) < 4.78 is 0. The molecule has 0 fully saturated rings. The lowest BCUT2D eigenvalue weighted by atomic mass is 9.83. The summed E-state index contributed by atoms with van der Waals surface area (Å²) in [6.07, 6.45) is 0. The summed E-state index contributed by atoms with van der Waals surface area (Å²) in [5.41, 5.74) is 2.65. The Morgan fingerprint density at radius 1 is 1.21 bits per heavy atom. The number of rotatable bonds is 1. The number of aromatic hydroxyl groups is 1. The third-order valence-corrected chi connectivity index (χ3v) is 2.40. The van der Waals surface area contributed by atoms with Crippen molar-refractivity contribution in [3.05, 3.63) is 28.8 Å². The van der Waals surface area contributed by atoms with Crippen LogP contribution in [0.5, 0.6) is 5.75 Å². The minimum Gasteiger partial charge on any atom is -0.508 e. The van der Waals surface area contributed by atoms with Crippen LogP contribution in [-0.2, 0) is 12.0 Å². The molecular formula is C12H18O2. The van der Waals surface area contributed by atoms with Crippen LogP contribution in [0, 0.1) is 6.92 Å². The molecule has 0 saturated carbocycles. The van der Waals surface area contributed by atoms with E-state index in [1.807, 2.05) is 13.0 Å². The molecule has 0 spiro atoms. The second kappa shape index (κ2) is 3.62. The minimum absolute atomic E-state index is 0.0216. The van der Waals surface area contributed by atoms with Gasteiger partial charge >= 0.3 is 0 Å². The van der Waals surface area contributed by atoms with Crippen molar-refractivity contribution in [3.8, 4) is 5.75 Å². The number of aliphatic hydroxyl groups is 1. The van der Waals surface area contributed by atoms with Gasteiger partial charge in [0.1, 0.15) is 5.75 Å². The van der Waals surface area contributed by atoms with E-state index in [4.69, 9.17) is 0 Å². The molecule has 0 amide bonds. The summed E-state index contributed by atoms with van der Waals surface area (Å²) in [6, 6.07) is 3.59. The highest BCUT2D eigenvalue weighted by Crippen LogP contribution is 2.31. The molecule has 0 heterocycles. The zero-order valence-corrected chi connectivity index (χ0v) is 9.26. The van der Waals surface area contributed by atoms with Crippen LogP contribution in [-0.4, -0.2) is 10.2 Å². The fourth-order valence-electron chi connectivity index (χ4n) is 1.59. The van der Waals surface area contributed by atoms with Gasteiger partial charge < -0.3 is 10.2 Å². The van der Waals surface area contributed by atoms with Crippen LogP contribution in [0.4, 0.5) is 0 Å². The van der Waals surface area contributed by atoms with Gasteiger partial charge in [0.25, 0.3) is 0 Å². The van der Waals surface area contributed by atoms with Gasteiger partial charge in [-0.25, -0.2) is 0 Å². The number of phenols is 1. The number of aryl methyl sites for hydroxylation is 1. The third-order valence-electron chi connectivity index (χ3n) is 2.40. The van der Waals surface area contributed by atoms with Crippen molar-refractivity contribution >= 4 is 0 Å². The van der Waals surface area contributed by atoms with Gasteiger partial charge in [-0.2, -0.15) is 0 Å². The van der Waals surface area contributed by atoms with E-state index in [1.54, 1.807) is 6.07 Å². The molecule has 1 aromatic carbocycles. The highest BCUT2D eigenvalue weighted by atomic mass is 16.3. The Hall–Kier alpha value is -1.02. The standard InChI is InChI=1S/C12H18O2/c1-8-5-9(7-13)10(6-11(8)14)12(2,3)4/h5-6,13-14H,7H2,1-4H3. The zero-order chi connectivity index (χ0) is 10.9. The van der Waals surface area contributed by atoms with Crippen molar-refractivity contribution in [1.82, 2.24) is 0 Å². The first-order valence-corrected chi connectivity index (χ1v) is 4.80. The van der Waals surface area contributed by atoms with Crippen LogP contribution in [0.3, 0.4) is 0 Å². The summed E-state index contributed by atoms with van der Waals surface area (Å²) in [4.78, 5) is 0. The Balaban J connectivity index is 3.35. The zero-order valence-electron chi connectivity index (χ0n) is 9.26. The number of hydrogen-bond donors (Lipinski definition) is 2. The molecule has 0 radical (unpaired) electrons. The molecule has 2 heteroatoms. The first-order valence-electron chi connectivity index (χ1n) is 4.80. The summed E-state index contributed by atoms with van der Waals surface area (Å²) >= 11 is 0. The molecule has 14 heavy (non-hydrogen) atoms. The van der Waals surface area contributed by atoms with E-state index < -0.39 is 0 Å². The van der Waals surface area contributed by atoms with E-state index in [2.05, 4.69) is 20.8 Å². The van der Waals surface area contributed by atoms with Gasteiger partial charge in [0, 0.05) is 0 Å². The van der Waals surface area contributed by atoms with Gasteiger partial charge in [-0.3, -0.25) is 0 Å². The molecule has 0 aliphatic carbocycles. The number of hydrogen-bond acceptors (Lipinski definition) is 2. The molecule has 0 bridgehead atoms. The molecule has 0 aliphatic rings. The number of aliphatic hydroxyl groups excluding tert-OH is 1. The van der Waals surface area contributed by atoms with Gasteiger partial charge in [-0.15, -0.1) is 0 Å². The monoisotopic (exact) mass is 194 g/mol. The molecule has 0 saturated heterocycles. The summed E-state index contributed by atoms with van der Waals surface area (Å²) in [6.45, 7) is 8.05. The third kappa shape index (κ3) is 2.07. The number of benzene rings is 1. The van der Waals surface area contributed by atoms with Crippen molar-refractivity contribution in [3.63, 3.8) is 0 Å². The van der Waals surface area contributed by atoms with Crippen molar-refractivity contribution in [2.24, 2.45) is 0 Å². The van der Waals surface area contributed by atoms with Crippen LogP contribution < -0.4 is 0 Å². The van der Waals surface area contributed by atoms with Crippen molar-refractivity contribution in [1.29, 1.82) is 0 Å². The van der Waals surface area contributed by atoms with Crippen LogP contribution in [0.1, 0.15) is 37.5 Å². The van der Waals surface area contributed by atoms with E-state index in [0.29, 0.717) is 5.75 Å². The highest BCUT2D eigenvalue weighted by molar-refractivity contribution is 5.43. The first kappa shape index (κ1) is 11.1. The van der Waals surface area contributed by atoms with Crippen molar-refractivity contribution in [2.75, 3.05) is 0 Å². The fraction of sp³-hybridized carbons (Fsp3) is 0.500. The van der Waals surface area contributed by atoms with E-state index in [0.717, 1.165) is 16.7 Å². The van der Waals surface area contributed by atoms with Crippen LogP contribution >= 0.6 is 0 Å². The molecular weight excluding hydrogens is 176 g/mol. The number of phenolic OH excluding ortho intramolecular Hbond substituents is 1. The molecule has 1 aromatic rings. The minimum atomic E-state index is -0.0523. The Bertz CT molecular complexity index is 335. The van der Waals surface area contributed by atoms with Gasteiger partial charge in [0.15, 0.2) is 0 Å². The fourth-order valence-corrected chi connectivity index (χ4v) is 1.59. The largest absolute Gasteiger partial charge is 0.508 e. The van der Waals surface area contributed by atoms with Gasteiger partial charge in [0.05, 0.1) is 6.61 Å². The topological polar surface area (TPSA) is 40.5 Å². The summed E-state index contributed by atoms with van der Waals surface area (Å²) in [5.74, 6) is 0.298. The predicted octanol–water partition coefficient (Wildman–Crippen LogP) is 2.49. The molecule has 2 N–H and O–H groups in total. The van der Waals surface area contributed by atoms with Crippen molar-refractivity contribution < 1.29 is 10.2 Å². The predicted molar refractivity (Wildman–Crippen MR) is 57.5 cm³/mol. The van der Waals surface area contributed by atoms with E-state index in [-0.39, 0.29) is 12.0 Å². The Labute approximate surface area is 85.2 Å².